The smallest absolute Gasteiger partial charge is 1.00 e. The van der Waals surface area contributed by atoms with E-state index in [1.807, 2.05) is 18.2 Å². The SMILES string of the molecule is COc1[c-]cc(Cc2ccccc2)cc1.[Br-].[Mg+2]. The Morgan fingerprint density at radius 1 is 1.00 bits per heavy atom. The zero-order chi connectivity index (χ0) is 10.5. The second kappa shape index (κ2) is 8.56. The van der Waals surface area contributed by atoms with Crippen LogP contribution in [0.4, 0.5) is 0 Å². The van der Waals surface area contributed by atoms with E-state index >= 15 is 0 Å². The molecule has 0 heterocycles. The first kappa shape index (κ1) is 16.5. The number of hydrogen-bond acceptors (Lipinski definition) is 1. The summed E-state index contributed by atoms with van der Waals surface area (Å²) in [6.45, 7) is 0. The van der Waals surface area contributed by atoms with Crippen LogP contribution in [0.5, 0.6) is 5.75 Å². The van der Waals surface area contributed by atoms with Crippen molar-refractivity contribution in [2.75, 3.05) is 7.11 Å². The molecule has 2 aromatic carbocycles. The second-order valence-corrected chi connectivity index (χ2v) is 3.43. The van der Waals surface area contributed by atoms with Crippen molar-refractivity contribution in [2.45, 2.75) is 6.42 Å². The Hall–Kier alpha value is -0.514. The normalized spacial score (nSPS) is 8.76. The Balaban J connectivity index is 0.00000128. The molecule has 3 heteroatoms. The van der Waals surface area contributed by atoms with Gasteiger partial charge in [0.25, 0.3) is 0 Å². The largest absolute Gasteiger partial charge is 2.00 e. The maximum atomic E-state index is 5.06. The molecule has 0 saturated heterocycles. The zero-order valence-electron chi connectivity index (χ0n) is 9.82. The van der Waals surface area contributed by atoms with E-state index in [2.05, 4.69) is 36.4 Å². The molecule has 2 rings (SSSR count). The fraction of sp³-hybridized carbons (Fsp3) is 0.143. The van der Waals surface area contributed by atoms with Gasteiger partial charge in [-0.3, -0.25) is 0 Å². The van der Waals surface area contributed by atoms with Crippen molar-refractivity contribution >= 4 is 23.1 Å². The molecule has 0 fully saturated rings. The maximum Gasteiger partial charge on any atom is 2.00 e. The van der Waals surface area contributed by atoms with Crippen LogP contribution in [-0.4, -0.2) is 30.2 Å². The summed E-state index contributed by atoms with van der Waals surface area (Å²) >= 11 is 0. The van der Waals surface area contributed by atoms with Crippen LogP contribution in [-0.2, 0) is 6.42 Å². The van der Waals surface area contributed by atoms with Crippen LogP contribution < -0.4 is 21.7 Å². The number of methoxy groups -OCH3 is 1. The van der Waals surface area contributed by atoms with Gasteiger partial charge in [-0.1, -0.05) is 35.9 Å². The van der Waals surface area contributed by atoms with Gasteiger partial charge in [0.15, 0.2) is 0 Å². The van der Waals surface area contributed by atoms with E-state index in [0.717, 1.165) is 12.2 Å². The van der Waals surface area contributed by atoms with Crippen LogP contribution in [0.3, 0.4) is 0 Å². The molecule has 0 saturated carbocycles. The topological polar surface area (TPSA) is 9.23 Å². The molecular weight excluding hydrogens is 288 g/mol. The van der Waals surface area contributed by atoms with Crippen molar-refractivity contribution in [3.05, 3.63) is 65.7 Å². The van der Waals surface area contributed by atoms with Crippen molar-refractivity contribution in [1.29, 1.82) is 0 Å². The molecule has 0 aliphatic carbocycles. The molecule has 84 valence electrons. The first-order chi connectivity index (χ1) is 7.38. The van der Waals surface area contributed by atoms with Crippen LogP contribution in [0.15, 0.2) is 48.5 Å². The minimum Gasteiger partial charge on any atom is -1.00 e. The van der Waals surface area contributed by atoms with E-state index in [1.165, 1.54) is 11.1 Å². The van der Waals surface area contributed by atoms with E-state index < -0.39 is 0 Å². The van der Waals surface area contributed by atoms with E-state index in [4.69, 9.17) is 4.74 Å². The summed E-state index contributed by atoms with van der Waals surface area (Å²) in [5, 5.41) is 0. The summed E-state index contributed by atoms with van der Waals surface area (Å²) in [6.07, 6.45) is 0.946. The van der Waals surface area contributed by atoms with Crippen LogP contribution in [0, 0.1) is 6.07 Å². The van der Waals surface area contributed by atoms with E-state index in [-0.39, 0.29) is 40.0 Å². The zero-order valence-corrected chi connectivity index (χ0v) is 12.8. The predicted molar refractivity (Wildman–Crippen MR) is 66.8 cm³/mol. The molecule has 0 aromatic heterocycles. The predicted octanol–water partition coefficient (Wildman–Crippen LogP) is -0.291. The number of hydrogen-bond donors (Lipinski definition) is 0. The molecule has 0 aliphatic rings. The molecule has 0 spiro atoms. The Morgan fingerprint density at radius 2 is 1.71 bits per heavy atom. The van der Waals surface area contributed by atoms with Gasteiger partial charge in [-0.05, 0) is 6.42 Å². The van der Waals surface area contributed by atoms with Crippen molar-refractivity contribution in [3.63, 3.8) is 0 Å². The molecule has 0 amide bonds. The molecule has 0 unspecified atom stereocenters. The van der Waals surface area contributed by atoms with Gasteiger partial charge in [-0.15, -0.1) is 12.1 Å². The first-order valence-electron chi connectivity index (χ1n) is 4.97. The molecular formula is C14H13BrMgO. The number of benzene rings is 2. The van der Waals surface area contributed by atoms with Gasteiger partial charge < -0.3 is 21.7 Å². The van der Waals surface area contributed by atoms with Crippen LogP contribution in [0.1, 0.15) is 11.1 Å². The number of ether oxygens (including phenoxy) is 1. The van der Waals surface area contributed by atoms with Crippen LogP contribution in [0.25, 0.3) is 0 Å². The average molecular weight is 301 g/mol. The molecule has 0 radical (unpaired) electrons. The van der Waals surface area contributed by atoms with Crippen molar-refractivity contribution in [2.24, 2.45) is 0 Å². The van der Waals surface area contributed by atoms with Gasteiger partial charge in [0.1, 0.15) is 0 Å². The van der Waals surface area contributed by atoms with Gasteiger partial charge >= 0.3 is 23.1 Å². The quantitative estimate of drug-likeness (QED) is 0.559. The monoisotopic (exact) mass is 300 g/mol. The summed E-state index contributed by atoms with van der Waals surface area (Å²) in [5.41, 5.74) is 2.57. The first-order valence-corrected chi connectivity index (χ1v) is 4.97. The van der Waals surface area contributed by atoms with Crippen molar-refractivity contribution in [1.82, 2.24) is 0 Å². The number of rotatable bonds is 3. The molecule has 0 atom stereocenters. The average Bonchev–Trinajstić information content (AvgIpc) is 2.31. The Labute approximate surface area is 129 Å². The standard InChI is InChI=1S/C14H13O.BrH.Mg/c1-15-14-9-7-13(8-10-14)11-12-5-3-2-4-6-12;;/h2-9H,11H2,1H3;1H;/q-1;;+2/p-1. The molecule has 2 aromatic rings. The minimum absolute atomic E-state index is 0. The van der Waals surface area contributed by atoms with Crippen molar-refractivity contribution in [3.8, 4) is 5.75 Å². The number of halogens is 1. The fourth-order valence-corrected chi connectivity index (χ4v) is 1.51. The maximum absolute atomic E-state index is 5.06. The third kappa shape index (κ3) is 5.11. The summed E-state index contributed by atoms with van der Waals surface area (Å²) in [5.74, 6) is 0.784. The summed E-state index contributed by atoms with van der Waals surface area (Å²) in [4.78, 5) is 0. The molecule has 0 bridgehead atoms. The Kier molecular flexibility index (Phi) is 8.30. The van der Waals surface area contributed by atoms with Crippen LogP contribution in [0.2, 0.25) is 0 Å². The van der Waals surface area contributed by atoms with Crippen molar-refractivity contribution < 1.29 is 21.7 Å². The van der Waals surface area contributed by atoms with E-state index in [0.29, 0.717) is 0 Å². The van der Waals surface area contributed by atoms with Gasteiger partial charge in [-0.2, -0.15) is 17.7 Å². The molecule has 17 heavy (non-hydrogen) atoms. The van der Waals surface area contributed by atoms with Gasteiger partial charge in [0.2, 0.25) is 0 Å². The van der Waals surface area contributed by atoms with E-state index in [1.54, 1.807) is 7.11 Å². The summed E-state index contributed by atoms with van der Waals surface area (Å²) in [7, 11) is 1.66. The third-order valence-corrected chi connectivity index (χ3v) is 2.32. The van der Waals surface area contributed by atoms with E-state index in [9.17, 15) is 0 Å². The Morgan fingerprint density at radius 3 is 2.24 bits per heavy atom. The minimum atomic E-state index is 0. The molecule has 0 N–H and O–H groups in total. The molecule has 1 nitrogen and oxygen atoms in total. The molecule has 0 aliphatic heterocycles. The third-order valence-electron chi connectivity index (χ3n) is 2.32. The fourth-order valence-electron chi connectivity index (χ4n) is 1.51. The van der Waals surface area contributed by atoms with Gasteiger partial charge in [0.05, 0.1) is 7.11 Å². The summed E-state index contributed by atoms with van der Waals surface area (Å²) in [6, 6.07) is 19.5. The Bertz CT molecular complexity index is 414. The van der Waals surface area contributed by atoms with Gasteiger partial charge in [-0.25, -0.2) is 0 Å². The second-order valence-electron chi connectivity index (χ2n) is 3.43. The summed E-state index contributed by atoms with van der Waals surface area (Å²) < 4.78 is 5.06. The van der Waals surface area contributed by atoms with Gasteiger partial charge in [0, 0.05) is 5.75 Å². The van der Waals surface area contributed by atoms with Crippen LogP contribution >= 0.6 is 0 Å².